The van der Waals surface area contributed by atoms with Crippen LogP contribution in [0.2, 0.25) is 0 Å². The van der Waals surface area contributed by atoms with Crippen molar-refractivity contribution in [1.29, 1.82) is 0 Å². The minimum Gasteiger partial charge on any atom is -0.395 e. The van der Waals surface area contributed by atoms with Crippen LogP contribution in [0.25, 0.3) is 0 Å². The SMILES string of the molecule is OCC1CN(c2ccc(Br)cc2)CCN1. The smallest absolute Gasteiger partial charge is 0.0601 e. The molecule has 1 aromatic rings. The van der Waals surface area contributed by atoms with Crippen LogP contribution < -0.4 is 10.2 Å². The molecule has 0 amide bonds. The highest BCUT2D eigenvalue weighted by Gasteiger charge is 2.18. The van der Waals surface area contributed by atoms with Gasteiger partial charge in [-0.25, -0.2) is 0 Å². The molecule has 1 fully saturated rings. The lowest BCUT2D eigenvalue weighted by Crippen LogP contribution is -2.52. The lowest BCUT2D eigenvalue weighted by molar-refractivity contribution is 0.235. The van der Waals surface area contributed by atoms with Gasteiger partial charge in [-0.2, -0.15) is 0 Å². The van der Waals surface area contributed by atoms with Crippen LogP contribution in [0.4, 0.5) is 5.69 Å². The van der Waals surface area contributed by atoms with Gasteiger partial charge in [-0.05, 0) is 24.3 Å². The van der Waals surface area contributed by atoms with E-state index in [1.165, 1.54) is 5.69 Å². The number of aliphatic hydroxyl groups excluding tert-OH is 1. The Balaban J connectivity index is 2.06. The van der Waals surface area contributed by atoms with Crippen LogP contribution in [0.1, 0.15) is 0 Å². The summed E-state index contributed by atoms with van der Waals surface area (Å²) in [4.78, 5) is 2.30. The molecule has 82 valence electrons. The van der Waals surface area contributed by atoms with Gasteiger partial charge in [-0.15, -0.1) is 0 Å². The van der Waals surface area contributed by atoms with Gasteiger partial charge in [0.05, 0.1) is 6.61 Å². The molecule has 1 unspecified atom stereocenters. The highest BCUT2D eigenvalue weighted by Crippen LogP contribution is 2.19. The fraction of sp³-hybridized carbons (Fsp3) is 0.455. The first-order chi connectivity index (χ1) is 7.29. The van der Waals surface area contributed by atoms with Crippen molar-refractivity contribution in [3.8, 4) is 0 Å². The number of nitrogens with one attached hydrogen (secondary N) is 1. The summed E-state index contributed by atoms with van der Waals surface area (Å²) in [5, 5.41) is 12.4. The minimum absolute atomic E-state index is 0.197. The molecule has 3 nitrogen and oxygen atoms in total. The molecule has 1 saturated heterocycles. The number of aliphatic hydroxyl groups is 1. The Morgan fingerprint density at radius 1 is 1.40 bits per heavy atom. The predicted molar refractivity (Wildman–Crippen MR) is 65.2 cm³/mol. The van der Waals surface area contributed by atoms with Crippen LogP contribution in [-0.4, -0.2) is 37.4 Å². The Morgan fingerprint density at radius 2 is 2.13 bits per heavy atom. The van der Waals surface area contributed by atoms with E-state index >= 15 is 0 Å². The van der Waals surface area contributed by atoms with Gasteiger partial charge in [0.25, 0.3) is 0 Å². The zero-order valence-corrected chi connectivity index (χ0v) is 10.1. The number of piperazine rings is 1. The lowest BCUT2D eigenvalue weighted by atomic mass is 10.2. The molecule has 1 aliphatic heterocycles. The van der Waals surface area contributed by atoms with E-state index in [1.54, 1.807) is 0 Å². The molecule has 1 aromatic carbocycles. The third-order valence-corrected chi connectivity index (χ3v) is 3.20. The largest absolute Gasteiger partial charge is 0.395 e. The van der Waals surface area contributed by atoms with Crippen LogP contribution in [0.5, 0.6) is 0 Å². The Labute approximate surface area is 98.2 Å². The molecule has 1 atom stereocenters. The number of hydrogen-bond acceptors (Lipinski definition) is 3. The Morgan fingerprint density at radius 3 is 2.80 bits per heavy atom. The maximum atomic E-state index is 9.10. The van der Waals surface area contributed by atoms with Crippen molar-refractivity contribution in [2.75, 3.05) is 31.1 Å². The van der Waals surface area contributed by atoms with Gasteiger partial charge in [0.15, 0.2) is 0 Å². The molecule has 2 rings (SSSR count). The average Bonchev–Trinajstić information content (AvgIpc) is 2.30. The molecular formula is C11H15BrN2O. The Kier molecular flexibility index (Phi) is 3.61. The van der Waals surface area contributed by atoms with Gasteiger partial charge in [0.2, 0.25) is 0 Å². The Hall–Kier alpha value is -0.580. The summed E-state index contributed by atoms with van der Waals surface area (Å²) in [6.07, 6.45) is 0. The molecule has 0 radical (unpaired) electrons. The first kappa shape index (κ1) is 10.9. The third kappa shape index (κ3) is 2.71. The fourth-order valence-corrected chi connectivity index (χ4v) is 2.10. The summed E-state index contributed by atoms with van der Waals surface area (Å²) >= 11 is 3.42. The number of anilines is 1. The van der Waals surface area contributed by atoms with E-state index in [0.29, 0.717) is 0 Å². The highest BCUT2D eigenvalue weighted by atomic mass is 79.9. The maximum Gasteiger partial charge on any atom is 0.0601 e. The number of benzene rings is 1. The van der Waals surface area contributed by atoms with Crippen LogP contribution in [0.15, 0.2) is 28.7 Å². The quantitative estimate of drug-likeness (QED) is 0.849. The fourth-order valence-electron chi connectivity index (χ4n) is 1.83. The van der Waals surface area contributed by atoms with Crippen molar-refractivity contribution in [1.82, 2.24) is 5.32 Å². The molecule has 2 N–H and O–H groups in total. The molecule has 0 aromatic heterocycles. The number of nitrogens with zero attached hydrogens (tertiary/aromatic N) is 1. The summed E-state index contributed by atoms with van der Waals surface area (Å²) < 4.78 is 1.10. The second kappa shape index (κ2) is 4.96. The molecule has 0 spiro atoms. The molecule has 4 heteroatoms. The van der Waals surface area contributed by atoms with Crippen LogP contribution in [0, 0.1) is 0 Å². The van der Waals surface area contributed by atoms with Gasteiger partial charge < -0.3 is 15.3 Å². The van der Waals surface area contributed by atoms with Gasteiger partial charge in [0, 0.05) is 35.8 Å². The van der Waals surface area contributed by atoms with Crippen molar-refractivity contribution < 1.29 is 5.11 Å². The van der Waals surface area contributed by atoms with Gasteiger partial charge >= 0.3 is 0 Å². The number of hydrogen-bond donors (Lipinski definition) is 2. The van der Waals surface area contributed by atoms with Crippen molar-refractivity contribution in [2.24, 2.45) is 0 Å². The average molecular weight is 271 g/mol. The predicted octanol–water partition coefficient (Wildman–Crippen LogP) is 1.22. The van der Waals surface area contributed by atoms with E-state index in [1.807, 2.05) is 12.1 Å². The molecular weight excluding hydrogens is 256 g/mol. The Bertz CT molecular complexity index is 315. The van der Waals surface area contributed by atoms with Crippen molar-refractivity contribution >= 4 is 21.6 Å². The minimum atomic E-state index is 0.197. The number of halogens is 1. The van der Waals surface area contributed by atoms with Gasteiger partial charge in [-0.1, -0.05) is 15.9 Å². The topological polar surface area (TPSA) is 35.5 Å². The molecule has 0 saturated carbocycles. The van der Waals surface area contributed by atoms with Crippen molar-refractivity contribution in [3.63, 3.8) is 0 Å². The molecule has 1 aliphatic rings. The second-order valence-electron chi connectivity index (χ2n) is 3.76. The van der Waals surface area contributed by atoms with Gasteiger partial charge in [0.1, 0.15) is 0 Å². The maximum absolute atomic E-state index is 9.10. The molecule has 0 aliphatic carbocycles. The zero-order valence-electron chi connectivity index (χ0n) is 8.49. The summed E-state index contributed by atoms with van der Waals surface area (Å²) in [6.45, 7) is 3.00. The van der Waals surface area contributed by atoms with Gasteiger partial charge in [-0.3, -0.25) is 0 Å². The lowest BCUT2D eigenvalue weighted by Gasteiger charge is -2.34. The zero-order chi connectivity index (χ0) is 10.7. The van der Waals surface area contributed by atoms with E-state index in [9.17, 15) is 0 Å². The molecule has 0 bridgehead atoms. The number of rotatable bonds is 2. The summed E-state index contributed by atoms with van der Waals surface area (Å²) in [7, 11) is 0. The first-order valence-corrected chi connectivity index (χ1v) is 5.93. The standard InChI is InChI=1S/C11H15BrN2O/c12-9-1-3-11(4-2-9)14-6-5-13-10(7-14)8-15/h1-4,10,13,15H,5-8H2. The van der Waals surface area contributed by atoms with E-state index in [4.69, 9.17) is 5.11 Å². The summed E-state index contributed by atoms with van der Waals surface area (Å²) in [5.41, 5.74) is 1.22. The second-order valence-corrected chi connectivity index (χ2v) is 4.67. The molecule has 15 heavy (non-hydrogen) atoms. The van der Waals surface area contributed by atoms with Crippen molar-refractivity contribution in [3.05, 3.63) is 28.7 Å². The normalized spacial score (nSPS) is 21.7. The van der Waals surface area contributed by atoms with Crippen LogP contribution in [-0.2, 0) is 0 Å². The highest BCUT2D eigenvalue weighted by molar-refractivity contribution is 9.10. The third-order valence-electron chi connectivity index (χ3n) is 2.67. The van der Waals surface area contributed by atoms with E-state index in [0.717, 1.165) is 24.1 Å². The van der Waals surface area contributed by atoms with E-state index in [-0.39, 0.29) is 12.6 Å². The van der Waals surface area contributed by atoms with Crippen molar-refractivity contribution in [2.45, 2.75) is 6.04 Å². The summed E-state index contributed by atoms with van der Waals surface area (Å²) in [6, 6.07) is 8.49. The molecule has 1 heterocycles. The first-order valence-electron chi connectivity index (χ1n) is 5.14. The summed E-state index contributed by atoms with van der Waals surface area (Å²) in [5.74, 6) is 0. The van der Waals surface area contributed by atoms with Crippen LogP contribution in [0.3, 0.4) is 0 Å². The van der Waals surface area contributed by atoms with E-state index in [2.05, 4.69) is 38.3 Å². The van der Waals surface area contributed by atoms with E-state index < -0.39 is 0 Å². The monoisotopic (exact) mass is 270 g/mol. The van der Waals surface area contributed by atoms with Crippen LogP contribution >= 0.6 is 15.9 Å².